The zero-order valence-corrected chi connectivity index (χ0v) is 24.9. The first kappa shape index (κ1) is 30.4. The molecule has 0 radical (unpaired) electrons. The number of carbonyl (C=O) groups is 3. The molecule has 0 bridgehead atoms. The molecule has 11 heteroatoms. The maximum atomic E-state index is 12.9. The number of pyridine rings is 1. The Bertz CT molecular complexity index is 1730. The average Bonchev–Trinajstić information content (AvgIpc) is 3.47. The smallest absolute Gasteiger partial charge is 0.320 e. The Labute approximate surface area is 258 Å². The van der Waals surface area contributed by atoms with E-state index in [1.165, 1.54) is 17.4 Å². The highest BCUT2D eigenvalue weighted by Gasteiger charge is 2.41. The Kier molecular flexibility index (Phi) is 9.33. The lowest BCUT2D eigenvalue weighted by molar-refractivity contribution is -0.148. The maximum absolute atomic E-state index is 12.9. The van der Waals surface area contributed by atoms with E-state index < -0.39 is 5.91 Å². The number of ether oxygens (including phenoxy) is 1. The third-order valence-electron chi connectivity index (χ3n) is 7.09. The van der Waals surface area contributed by atoms with Crippen molar-refractivity contribution < 1.29 is 24.2 Å². The van der Waals surface area contributed by atoms with Gasteiger partial charge in [0.15, 0.2) is 5.82 Å². The van der Waals surface area contributed by atoms with Crippen molar-refractivity contribution in [2.24, 2.45) is 0 Å². The lowest BCUT2D eigenvalue weighted by Gasteiger charge is -2.15. The zero-order chi connectivity index (χ0) is 31.1. The third-order valence-corrected chi connectivity index (χ3v) is 7.96. The van der Waals surface area contributed by atoms with Crippen LogP contribution in [0.1, 0.15) is 47.8 Å². The fraction of sp³-hybridized carbons (Fsp3) is 0.242. The van der Waals surface area contributed by atoms with Crippen molar-refractivity contribution in [1.82, 2.24) is 10.3 Å². The molecule has 10 nitrogen and oxygen atoms in total. The molecule has 0 aliphatic heterocycles. The van der Waals surface area contributed by atoms with E-state index in [1.54, 1.807) is 66.0 Å². The van der Waals surface area contributed by atoms with E-state index in [0.717, 1.165) is 12.8 Å². The second-order valence-electron chi connectivity index (χ2n) is 10.7. The number of thiophene rings is 1. The van der Waals surface area contributed by atoms with Crippen molar-refractivity contribution in [2.75, 3.05) is 23.7 Å². The largest absolute Gasteiger partial charge is 0.507 e. The standard InChI is InChI=1S/C33H31N5O5S/c1-33(13-14-33)43-30(41)20-35-15-5-12-29(40)36-22-8-4-7-21(17-22)24-18-26(23-9-2-3-10-27(23)39)37-31(25(24)19-34)38-32(42)28-11-6-16-44-28/h2-4,6-11,16-18,35,39H,5,12-15,20H2,1H3,(H,36,40)(H,37,38,42). The molecule has 5 rings (SSSR count). The molecule has 1 saturated carbocycles. The molecular weight excluding hydrogens is 578 g/mol. The molecule has 0 unspecified atom stereocenters. The highest BCUT2D eigenvalue weighted by Crippen LogP contribution is 2.39. The van der Waals surface area contributed by atoms with Gasteiger partial charge in [-0.1, -0.05) is 30.3 Å². The van der Waals surface area contributed by atoms with E-state index in [0.29, 0.717) is 45.9 Å². The molecule has 0 spiro atoms. The molecule has 0 saturated heterocycles. The van der Waals surface area contributed by atoms with E-state index in [9.17, 15) is 24.8 Å². The monoisotopic (exact) mass is 609 g/mol. The van der Waals surface area contributed by atoms with Gasteiger partial charge in [-0.15, -0.1) is 11.3 Å². The number of carbonyl (C=O) groups excluding carboxylic acids is 3. The van der Waals surface area contributed by atoms with Gasteiger partial charge in [0, 0.05) is 23.2 Å². The third kappa shape index (κ3) is 7.66. The summed E-state index contributed by atoms with van der Waals surface area (Å²) in [6.45, 7) is 2.50. The summed E-state index contributed by atoms with van der Waals surface area (Å²) in [6.07, 6.45) is 2.55. The van der Waals surface area contributed by atoms with Crippen LogP contribution in [0.3, 0.4) is 0 Å². The number of anilines is 2. The molecule has 2 heterocycles. The highest BCUT2D eigenvalue weighted by atomic mass is 32.1. The van der Waals surface area contributed by atoms with Crippen LogP contribution >= 0.6 is 11.3 Å². The zero-order valence-electron chi connectivity index (χ0n) is 24.1. The van der Waals surface area contributed by atoms with Gasteiger partial charge in [0.25, 0.3) is 5.91 Å². The first-order valence-electron chi connectivity index (χ1n) is 14.2. The number of nitrogens with zero attached hydrogens (tertiary/aromatic N) is 2. The van der Waals surface area contributed by atoms with Crippen LogP contribution in [0, 0.1) is 11.3 Å². The minimum absolute atomic E-state index is 0.00391. The highest BCUT2D eigenvalue weighted by molar-refractivity contribution is 7.12. The molecule has 4 N–H and O–H groups in total. The molecule has 44 heavy (non-hydrogen) atoms. The van der Waals surface area contributed by atoms with Crippen LogP contribution < -0.4 is 16.0 Å². The van der Waals surface area contributed by atoms with E-state index in [4.69, 9.17) is 4.74 Å². The van der Waals surface area contributed by atoms with E-state index >= 15 is 0 Å². The number of phenols is 1. The van der Waals surface area contributed by atoms with Crippen LogP contribution in [-0.4, -0.2) is 46.6 Å². The number of aromatic hydroxyl groups is 1. The molecule has 2 aromatic heterocycles. The van der Waals surface area contributed by atoms with Crippen molar-refractivity contribution in [2.45, 2.75) is 38.2 Å². The van der Waals surface area contributed by atoms with Gasteiger partial charge in [0.1, 0.15) is 23.0 Å². The summed E-state index contributed by atoms with van der Waals surface area (Å²) in [5.41, 5.74) is 2.22. The number of para-hydroxylation sites is 1. The lowest BCUT2D eigenvalue weighted by atomic mass is 9.97. The summed E-state index contributed by atoms with van der Waals surface area (Å²) < 4.78 is 5.36. The summed E-state index contributed by atoms with van der Waals surface area (Å²) in [7, 11) is 0. The first-order chi connectivity index (χ1) is 21.2. The van der Waals surface area contributed by atoms with E-state index in [2.05, 4.69) is 27.0 Å². The number of phenolic OH excluding ortho intramolecular Hbond substituents is 1. The second-order valence-corrected chi connectivity index (χ2v) is 11.6. The number of nitrogens with one attached hydrogen (secondary N) is 3. The fourth-order valence-electron chi connectivity index (χ4n) is 4.52. The molecule has 0 atom stereocenters. The van der Waals surface area contributed by atoms with Crippen LogP contribution in [0.4, 0.5) is 11.5 Å². The fourth-order valence-corrected chi connectivity index (χ4v) is 5.14. The number of amides is 2. The van der Waals surface area contributed by atoms with Crippen LogP contribution in [0.2, 0.25) is 0 Å². The molecule has 1 aliphatic carbocycles. The summed E-state index contributed by atoms with van der Waals surface area (Å²) in [4.78, 5) is 42.5. The van der Waals surface area contributed by atoms with Crippen LogP contribution in [-0.2, 0) is 14.3 Å². The Morgan fingerprint density at radius 1 is 1.05 bits per heavy atom. The lowest BCUT2D eigenvalue weighted by Crippen LogP contribution is -2.29. The Hall–Kier alpha value is -5.05. The maximum Gasteiger partial charge on any atom is 0.320 e. The Morgan fingerprint density at radius 2 is 1.86 bits per heavy atom. The number of esters is 1. The molecule has 2 amide bonds. The minimum Gasteiger partial charge on any atom is -0.507 e. The van der Waals surface area contributed by atoms with Crippen molar-refractivity contribution in [3.8, 4) is 34.2 Å². The SMILES string of the molecule is CC1(OC(=O)CNCCCC(=O)Nc2cccc(-c3cc(-c4ccccc4O)nc(NC(=O)c4cccs4)c3C#N)c2)CC1. The number of nitriles is 1. The molecule has 1 fully saturated rings. The van der Waals surface area contributed by atoms with Crippen LogP contribution in [0.5, 0.6) is 5.75 Å². The second kappa shape index (κ2) is 13.5. The summed E-state index contributed by atoms with van der Waals surface area (Å²) in [6, 6.07) is 21.0. The van der Waals surface area contributed by atoms with Gasteiger partial charge < -0.3 is 25.8 Å². The number of rotatable bonds is 12. The van der Waals surface area contributed by atoms with Crippen LogP contribution in [0.25, 0.3) is 22.4 Å². The summed E-state index contributed by atoms with van der Waals surface area (Å²) >= 11 is 1.26. The van der Waals surface area contributed by atoms with Crippen molar-refractivity contribution in [3.05, 3.63) is 82.6 Å². The predicted molar refractivity (Wildman–Crippen MR) is 168 cm³/mol. The predicted octanol–water partition coefficient (Wildman–Crippen LogP) is 5.71. The van der Waals surface area contributed by atoms with Gasteiger partial charge in [0.2, 0.25) is 5.91 Å². The summed E-state index contributed by atoms with van der Waals surface area (Å²) in [5, 5.41) is 31.1. The van der Waals surface area contributed by atoms with E-state index in [-0.39, 0.29) is 47.6 Å². The molecule has 1 aliphatic rings. The van der Waals surface area contributed by atoms with Gasteiger partial charge in [0.05, 0.1) is 17.1 Å². The number of hydrogen-bond donors (Lipinski definition) is 4. The number of aromatic nitrogens is 1. The minimum atomic E-state index is -0.408. The average molecular weight is 610 g/mol. The van der Waals surface area contributed by atoms with Gasteiger partial charge in [-0.3, -0.25) is 14.4 Å². The first-order valence-corrected chi connectivity index (χ1v) is 15.0. The van der Waals surface area contributed by atoms with Gasteiger partial charge >= 0.3 is 5.97 Å². The van der Waals surface area contributed by atoms with Crippen molar-refractivity contribution in [1.29, 1.82) is 5.26 Å². The molecule has 224 valence electrons. The molecular formula is C33H31N5O5S. The molecule has 2 aromatic carbocycles. The quantitative estimate of drug-likeness (QED) is 0.118. The van der Waals surface area contributed by atoms with E-state index in [1.807, 2.05) is 6.92 Å². The summed E-state index contributed by atoms with van der Waals surface area (Å²) in [5.74, 6) is -0.853. The van der Waals surface area contributed by atoms with Gasteiger partial charge in [-0.2, -0.15) is 5.26 Å². The topological polar surface area (TPSA) is 153 Å². The van der Waals surface area contributed by atoms with Crippen molar-refractivity contribution in [3.63, 3.8) is 0 Å². The number of benzene rings is 2. The van der Waals surface area contributed by atoms with Crippen molar-refractivity contribution >= 4 is 40.6 Å². The normalized spacial score (nSPS) is 13.0. The number of hydrogen-bond acceptors (Lipinski definition) is 9. The Morgan fingerprint density at radius 3 is 2.59 bits per heavy atom. The molecule has 4 aromatic rings. The Balaban J connectivity index is 1.32. The van der Waals surface area contributed by atoms with Gasteiger partial charge in [-0.05, 0) is 80.1 Å². The van der Waals surface area contributed by atoms with Gasteiger partial charge in [-0.25, -0.2) is 4.98 Å². The van der Waals surface area contributed by atoms with Crippen LogP contribution in [0.15, 0.2) is 72.1 Å².